The summed E-state index contributed by atoms with van der Waals surface area (Å²) in [5.74, 6) is 0. The molecule has 1 saturated carbocycles. The molecule has 1 aromatic heterocycles. The van der Waals surface area contributed by atoms with Crippen molar-refractivity contribution in [2.45, 2.75) is 58.2 Å². The quantitative estimate of drug-likeness (QED) is 0.783. The van der Waals surface area contributed by atoms with E-state index in [2.05, 4.69) is 29.7 Å². The number of rotatable bonds is 6. The van der Waals surface area contributed by atoms with E-state index in [4.69, 9.17) is 0 Å². The van der Waals surface area contributed by atoms with Crippen LogP contribution in [0.5, 0.6) is 0 Å². The van der Waals surface area contributed by atoms with Crippen LogP contribution in [-0.2, 0) is 23.1 Å². The lowest BCUT2D eigenvalue weighted by Crippen LogP contribution is -2.40. The molecule has 0 atom stereocenters. The molecule has 5 heteroatoms. The zero-order chi connectivity index (χ0) is 17.9. The van der Waals surface area contributed by atoms with E-state index >= 15 is 0 Å². The van der Waals surface area contributed by atoms with Crippen LogP contribution in [-0.4, -0.2) is 29.6 Å². The topological polar surface area (TPSA) is 42.3 Å². The lowest BCUT2D eigenvalue weighted by atomic mass is 9.95. The zero-order valence-corrected chi connectivity index (χ0v) is 16.0. The second-order valence-electron chi connectivity index (χ2n) is 7.15. The van der Waals surface area contributed by atoms with E-state index in [1.807, 2.05) is 24.4 Å². The third-order valence-electron chi connectivity index (χ3n) is 5.25. The molecule has 1 aliphatic carbocycles. The third-order valence-corrected chi connectivity index (χ3v) is 6.53. The van der Waals surface area contributed by atoms with E-state index in [1.54, 1.807) is 4.31 Å². The van der Waals surface area contributed by atoms with Crippen LogP contribution in [0.3, 0.4) is 0 Å². The van der Waals surface area contributed by atoms with Crippen molar-refractivity contribution in [3.63, 3.8) is 0 Å². The van der Waals surface area contributed by atoms with Crippen LogP contribution in [0.4, 0.5) is 0 Å². The number of benzene rings is 1. The smallest absolute Gasteiger partial charge is 0.211 e. The van der Waals surface area contributed by atoms with E-state index in [-0.39, 0.29) is 6.04 Å². The highest BCUT2D eigenvalue weighted by Gasteiger charge is 2.28. The molecule has 2 aromatic rings. The Morgan fingerprint density at radius 1 is 1.08 bits per heavy atom. The first kappa shape index (κ1) is 18.2. The molecular weight excluding hydrogens is 332 g/mol. The lowest BCUT2D eigenvalue weighted by molar-refractivity contribution is 0.245. The first-order valence-electron chi connectivity index (χ1n) is 9.10. The van der Waals surface area contributed by atoms with E-state index in [0.29, 0.717) is 6.54 Å². The van der Waals surface area contributed by atoms with Crippen LogP contribution in [0.1, 0.15) is 48.9 Å². The molecule has 1 aliphatic rings. The maximum absolute atomic E-state index is 12.4. The monoisotopic (exact) mass is 360 g/mol. The van der Waals surface area contributed by atoms with Gasteiger partial charge in [-0.2, -0.15) is 4.31 Å². The van der Waals surface area contributed by atoms with Crippen molar-refractivity contribution in [2.75, 3.05) is 6.26 Å². The number of hydrogen-bond donors (Lipinski definition) is 0. The second-order valence-corrected chi connectivity index (χ2v) is 9.09. The second kappa shape index (κ2) is 7.75. The molecule has 25 heavy (non-hydrogen) atoms. The van der Waals surface area contributed by atoms with Gasteiger partial charge in [-0.25, -0.2) is 8.42 Å². The van der Waals surface area contributed by atoms with Crippen LogP contribution < -0.4 is 0 Å². The number of aryl methyl sites for hydroxylation is 1. The molecule has 1 fully saturated rings. The highest BCUT2D eigenvalue weighted by molar-refractivity contribution is 7.88. The maximum Gasteiger partial charge on any atom is 0.211 e. The predicted molar refractivity (Wildman–Crippen MR) is 102 cm³/mol. The average molecular weight is 361 g/mol. The van der Waals surface area contributed by atoms with Gasteiger partial charge in [0.15, 0.2) is 0 Å². The maximum atomic E-state index is 12.4. The van der Waals surface area contributed by atoms with Crippen molar-refractivity contribution in [3.8, 4) is 0 Å². The number of hydrogen-bond acceptors (Lipinski definition) is 2. The fourth-order valence-electron chi connectivity index (χ4n) is 3.76. The summed E-state index contributed by atoms with van der Waals surface area (Å²) >= 11 is 0. The van der Waals surface area contributed by atoms with Crippen molar-refractivity contribution in [2.24, 2.45) is 0 Å². The molecule has 0 N–H and O–H groups in total. The van der Waals surface area contributed by atoms with Gasteiger partial charge in [-0.15, -0.1) is 0 Å². The minimum Gasteiger partial charge on any atom is -0.346 e. The molecule has 136 valence electrons. The summed E-state index contributed by atoms with van der Waals surface area (Å²) in [6.07, 6.45) is 8.82. The van der Waals surface area contributed by atoms with Crippen molar-refractivity contribution in [3.05, 3.63) is 59.4 Å². The lowest BCUT2D eigenvalue weighted by Gasteiger charge is -2.32. The summed E-state index contributed by atoms with van der Waals surface area (Å²) < 4.78 is 28.7. The molecule has 0 aliphatic heterocycles. The molecule has 0 saturated heterocycles. The average Bonchev–Trinajstić information content (AvgIpc) is 3.01. The first-order valence-corrected chi connectivity index (χ1v) is 11.0. The van der Waals surface area contributed by atoms with Crippen LogP contribution in [0.25, 0.3) is 0 Å². The fraction of sp³-hybridized carbons (Fsp3) is 0.500. The minimum absolute atomic E-state index is 0.144. The van der Waals surface area contributed by atoms with Crippen molar-refractivity contribution in [1.29, 1.82) is 0 Å². The number of nitrogens with zero attached hydrogens (tertiary/aromatic N) is 2. The van der Waals surface area contributed by atoms with Gasteiger partial charge < -0.3 is 4.57 Å². The highest BCUT2D eigenvalue weighted by Crippen LogP contribution is 2.26. The fourth-order valence-corrected chi connectivity index (χ4v) is 4.88. The van der Waals surface area contributed by atoms with E-state index in [0.717, 1.165) is 37.9 Å². The van der Waals surface area contributed by atoms with Gasteiger partial charge in [0.05, 0.1) is 12.8 Å². The molecule has 1 heterocycles. The molecule has 0 radical (unpaired) electrons. The Bertz CT molecular complexity index is 805. The molecular formula is C20H28N2O2S. The summed E-state index contributed by atoms with van der Waals surface area (Å²) in [4.78, 5) is 0. The Labute approximate surface area is 151 Å². The Morgan fingerprint density at radius 3 is 2.48 bits per heavy atom. The molecule has 0 bridgehead atoms. The van der Waals surface area contributed by atoms with Gasteiger partial charge in [0.2, 0.25) is 10.0 Å². The largest absolute Gasteiger partial charge is 0.346 e. The van der Waals surface area contributed by atoms with Gasteiger partial charge in [0, 0.05) is 24.5 Å². The van der Waals surface area contributed by atoms with Crippen LogP contribution in [0.15, 0.2) is 42.6 Å². The normalized spacial score (nSPS) is 16.4. The molecule has 4 nitrogen and oxygen atoms in total. The molecule has 0 amide bonds. The summed E-state index contributed by atoms with van der Waals surface area (Å²) in [5, 5.41) is 0. The van der Waals surface area contributed by atoms with Gasteiger partial charge in [0.25, 0.3) is 0 Å². The van der Waals surface area contributed by atoms with E-state index in [9.17, 15) is 8.42 Å². The molecule has 3 rings (SSSR count). The molecule has 1 aromatic carbocycles. The Hall–Kier alpha value is -1.59. The third kappa shape index (κ3) is 4.53. The van der Waals surface area contributed by atoms with Gasteiger partial charge in [-0.05, 0) is 43.0 Å². The van der Waals surface area contributed by atoms with Gasteiger partial charge >= 0.3 is 0 Å². The number of aromatic nitrogens is 1. The van der Waals surface area contributed by atoms with E-state index < -0.39 is 10.0 Å². The highest BCUT2D eigenvalue weighted by atomic mass is 32.2. The predicted octanol–water partition coefficient (Wildman–Crippen LogP) is 3.94. The van der Waals surface area contributed by atoms with E-state index in [1.165, 1.54) is 23.8 Å². The van der Waals surface area contributed by atoms with Crippen molar-refractivity contribution < 1.29 is 8.42 Å². The van der Waals surface area contributed by atoms with Gasteiger partial charge in [-0.1, -0.05) is 43.5 Å². The molecule has 0 spiro atoms. The Morgan fingerprint density at radius 2 is 1.80 bits per heavy atom. The van der Waals surface area contributed by atoms with Gasteiger partial charge in [0.1, 0.15) is 0 Å². The summed E-state index contributed by atoms with van der Waals surface area (Å²) in [7, 11) is -3.22. The summed E-state index contributed by atoms with van der Waals surface area (Å²) in [6.45, 7) is 3.35. The molecule has 0 unspecified atom stereocenters. The summed E-state index contributed by atoms with van der Waals surface area (Å²) in [5.41, 5.74) is 3.58. The van der Waals surface area contributed by atoms with Gasteiger partial charge in [-0.3, -0.25) is 0 Å². The Kier molecular flexibility index (Phi) is 5.64. The van der Waals surface area contributed by atoms with Crippen molar-refractivity contribution >= 4 is 10.0 Å². The SMILES string of the molecule is Cc1ccccc1Cn1cccc1CN(C1CCCCC1)S(C)(=O)=O. The standard InChI is InChI=1S/C20H28N2O2S/c1-17-9-6-7-10-18(17)15-21-14-8-13-20(21)16-22(25(2,23)24)19-11-4-3-5-12-19/h6-10,13-14,19H,3-5,11-12,15-16H2,1-2H3. The Balaban J connectivity index is 1.81. The van der Waals surface area contributed by atoms with Crippen LogP contribution in [0.2, 0.25) is 0 Å². The zero-order valence-electron chi connectivity index (χ0n) is 15.2. The number of sulfonamides is 1. The van der Waals surface area contributed by atoms with Crippen LogP contribution in [0, 0.1) is 6.92 Å². The summed E-state index contributed by atoms with van der Waals surface area (Å²) in [6, 6.07) is 12.5. The minimum atomic E-state index is -3.22. The van der Waals surface area contributed by atoms with Crippen molar-refractivity contribution in [1.82, 2.24) is 8.87 Å². The first-order chi connectivity index (χ1) is 11.9. The van der Waals surface area contributed by atoms with Crippen LogP contribution >= 0.6 is 0 Å².